The van der Waals surface area contributed by atoms with Crippen LogP contribution in [0.25, 0.3) is 0 Å². The standard InChI is InChI=1S/C28H32F3N3O3S/c1-19(2)21-10-12-22(13-11-21)27-25-9-6-14-32(25)15-16-33(27)26(35)18-34(20(3)4)38(36,37)24-8-5-7-23(17-24)28(29,30)31/h5-14,17,19-20,27H,15-16,18H2,1-4H3/t27-/m1/s1. The maximum absolute atomic E-state index is 13.7. The molecule has 0 spiro atoms. The van der Waals surface area contributed by atoms with Crippen LogP contribution in [-0.2, 0) is 27.5 Å². The van der Waals surface area contributed by atoms with Gasteiger partial charge < -0.3 is 9.47 Å². The molecule has 2 heterocycles. The summed E-state index contributed by atoms with van der Waals surface area (Å²) in [5, 5.41) is 0. The molecular weight excluding hydrogens is 515 g/mol. The third-order valence-corrected chi connectivity index (χ3v) is 8.93. The SMILES string of the molecule is CC(C)c1ccc([C@@H]2c3cccn3CCN2C(=O)CN(C(C)C)S(=O)(=O)c2cccc(C(F)(F)F)c2)cc1. The van der Waals surface area contributed by atoms with Gasteiger partial charge in [0, 0.05) is 31.0 Å². The number of hydrogen-bond acceptors (Lipinski definition) is 3. The van der Waals surface area contributed by atoms with Crippen molar-refractivity contribution in [2.24, 2.45) is 0 Å². The van der Waals surface area contributed by atoms with Gasteiger partial charge in [0.15, 0.2) is 0 Å². The van der Waals surface area contributed by atoms with Crippen LogP contribution in [0.1, 0.15) is 62.0 Å². The maximum atomic E-state index is 13.7. The second-order valence-corrected chi connectivity index (χ2v) is 12.0. The molecule has 0 fully saturated rings. The molecule has 1 amide bonds. The predicted molar refractivity (Wildman–Crippen MR) is 139 cm³/mol. The van der Waals surface area contributed by atoms with Gasteiger partial charge in [-0.1, -0.05) is 44.2 Å². The Hall–Kier alpha value is -3.11. The number of aromatic nitrogens is 1. The molecule has 1 aliphatic heterocycles. The van der Waals surface area contributed by atoms with Crippen molar-refractivity contribution in [1.82, 2.24) is 13.8 Å². The normalized spacial score (nSPS) is 16.4. The van der Waals surface area contributed by atoms with Crippen LogP contribution in [-0.4, -0.2) is 47.2 Å². The van der Waals surface area contributed by atoms with E-state index in [1.807, 2.05) is 42.6 Å². The first-order valence-electron chi connectivity index (χ1n) is 12.5. The van der Waals surface area contributed by atoms with E-state index in [1.54, 1.807) is 18.7 Å². The summed E-state index contributed by atoms with van der Waals surface area (Å²) >= 11 is 0. The van der Waals surface area contributed by atoms with Gasteiger partial charge in [-0.2, -0.15) is 17.5 Å². The fourth-order valence-electron chi connectivity index (χ4n) is 4.80. The number of carbonyl (C=O) groups is 1. The summed E-state index contributed by atoms with van der Waals surface area (Å²) < 4.78 is 69.8. The minimum atomic E-state index is -4.69. The Morgan fingerprint density at radius 3 is 2.29 bits per heavy atom. The molecule has 2 aromatic carbocycles. The second kappa shape index (κ2) is 10.6. The van der Waals surface area contributed by atoms with Gasteiger partial charge in [-0.15, -0.1) is 0 Å². The summed E-state index contributed by atoms with van der Waals surface area (Å²) in [6.07, 6.45) is -2.74. The van der Waals surface area contributed by atoms with Gasteiger partial charge >= 0.3 is 6.18 Å². The summed E-state index contributed by atoms with van der Waals surface area (Å²) in [7, 11) is -4.38. The first-order chi connectivity index (χ1) is 17.8. The topological polar surface area (TPSA) is 62.6 Å². The van der Waals surface area contributed by atoms with Crippen molar-refractivity contribution in [3.05, 3.63) is 89.2 Å². The van der Waals surface area contributed by atoms with Crippen molar-refractivity contribution in [2.75, 3.05) is 13.1 Å². The van der Waals surface area contributed by atoms with Gasteiger partial charge in [-0.25, -0.2) is 8.42 Å². The van der Waals surface area contributed by atoms with Crippen LogP contribution in [0, 0.1) is 0 Å². The number of alkyl halides is 3. The van der Waals surface area contributed by atoms with Gasteiger partial charge in [0.2, 0.25) is 15.9 Å². The number of nitrogens with zero attached hydrogens (tertiary/aromatic N) is 3. The molecule has 1 aliphatic rings. The van der Waals surface area contributed by atoms with Gasteiger partial charge in [0.25, 0.3) is 0 Å². The smallest absolute Gasteiger partial charge is 0.348 e. The molecule has 3 aromatic rings. The molecule has 0 N–H and O–H groups in total. The largest absolute Gasteiger partial charge is 0.416 e. The molecule has 0 saturated carbocycles. The Morgan fingerprint density at radius 2 is 1.68 bits per heavy atom. The molecule has 10 heteroatoms. The molecule has 1 atom stereocenters. The molecule has 0 bridgehead atoms. The molecule has 0 saturated heterocycles. The van der Waals surface area contributed by atoms with E-state index in [0.717, 1.165) is 39.3 Å². The fraction of sp³-hybridized carbons (Fsp3) is 0.393. The highest BCUT2D eigenvalue weighted by molar-refractivity contribution is 7.89. The van der Waals surface area contributed by atoms with E-state index in [9.17, 15) is 26.4 Å². The molecule has 0 radical (unpaired) electrons. The number of rotatable bonds is 7. The lowest BCUT2D eigenvalue weighted by molar-refractivity contribution is -0.138. The van der Waals surface area contributed by atoms with Gasteiger partial charge in [-0.3, -0.25) is 4.79 Å². The third-order valence-electron chi connectivity index (χ3n) is 6.91. The molecule has 0 aliphatic carbocycles. The molecule has 4 rings (SSSR count). The summed E-state index contributed by atoms with van der Waals surface area (Å²) in [4.78, 5) is 14.9. The van der Waals surface area contributed by atoms with E-state index in [0.29, 0.717) is 25.1 Å². The molecule has 38 heavy (non-hydrogen) atoms. The summed E-state index contributed by atoms with van der Waals surface area (Å²) in [6, 6.07) is 14.4. The zero-order valence-corrected chi connectivity index (χ0v) is 22.6. The number of sulfonamides is 1. The van der Waals surface area contributed by atoms with Crippen LogP contribution in [0.4, 0.5) is 13.2 Å². The number of hydrogen-bond donors (Lipinski definition) is 0. The van der Waals surface area contributed by atoms with E-state index in [2.05, 4.69) is 18.4 Å². The van der Waals surface area contributed by atoms with Gasteiger partial charge in [-0.05, 0) is 61.2 Å². The van der Waals surface area contributed by atoms with Gasteiger partial charge in [0.1, 0.15) is 0 Å². The molecule has 204 valence electrons. The number of halogens is 3. The average molecular weight is 548 g/mol. The van der Waals surface area contributed by atoms with Crippen molar-refractivity contribution >= 4 is 15.9 Å². The Labute approximate surface area is 221 Å². The monoisotopic (exact) mass is 547 g/mol. The maximum Gasteiger partial charge on any atom is 0.416 e. The van der Waals surface area contributed by atoms with Crippen LogP contribution < -0.4 is 0 Å². The number of fused-ring (bicyclic) bond motifs is 1. The Bertz CT molecular complexity index is 1400. The minimum absolute atomic E-state index is 0.345. The minimum Gasteiger partial charge on any atom is -0.348 e. The fourth-order valence-corrected chi connectivity index (χ4v) is 6.44. The quantitative estimate of drug-likeness (QED) is 0.384. The van der Waals surface area contributed by atoms with E-state index in [-0.39, 0.29) is 0 Å². The van der Waals surface area contributed by atoms with Crippen molar-refractivity contribution in [1.29, 1.82) is 0 Å². The summed E-state index contributed by atoms with van der Waals surface area (Å²) in [6.45, 7) is 7.83. The first kappa shape index (κ1) is 27.9. The summed E-state index contributed by atoms with van der Waals surface area (Å²) in [5.41, 5.74) is 1.92. The molecule has 6 nitrogen and oxygen atoms in total. The van der Waals surface area contributed by atoms with Crippen LogP contribution in [0.15, 0.2) is 71.8 Å². The van der Waals surface area contributed by atoms with Crippen LogP contribution in [0.2, 0.25) is 0 Å². The molecule has 0 unspecified atom stereocenters. The third kappa shape index (κ3) is 5.51. The van der Waals surface area contributed by atoms with Crippen molar-refractivity contribution in [3.63, 3.8) is 0 Å². The van der Waals surface area contributed by atoms with E-state index in [4.69, 9.17) is 0 Å². The highest BCUT2D eigenvalue weighted by Crippen LogP contribution is 2.34. The number of benzene rings is 2. The van der Waals surface area contributed by atoms with Crippen molar-refractivity contribution < 1.29 is 26.4 Å². The lowest BCUT2D eigenvalue weighted by Gasteiger charge is -2.39. The Kier molecular flexibility index (Phi) is 7.76. The highest BCUT2D eigenvalue weighted by atomic mass is 32.2. The predicted octanol–water partition coefficient (Wildman–Crippen LogP) is 5.66. The van der Waals surface area contributed by atoms with Crippen LogP contribution >= 0.6 is 0 Å². The number of amides is 1. The lowest BCUT2D eigenvalue weighted by Crippen LogP contribution is -2.49. The Morgan fingerprint density at radius 1 is 1.00 bits per heavy atom. The average Bonchev–Trinajstić information content (AvgIpc) is 3.35. The molecular formula is C28H32F3N3O3S. The van der Waals surface area contributed by atoms with Crippen molar-refractivity contribution in [2.45, 2.75) is 63.3 Å². The highest BCUT2D eigenvalue weighted by Gasteiger charge is 2.37. The zero-order valence-electron chi connectivity index (χ0n) is 21.8. The first-order valence-corrected chi connectivity index (χ1v) is 14.0. The van der Waals surface area contributed by atoms with E-state index < -0.39 is 51.2 Å². The van der Waals surface area contributed by atoms with E-state index >= 15 is 0 Å². The van der Waals surface area contributed by atoms with Crippen LogP contribution in [0.5, 0.6) is 0 Å². The number of carbonyl (C=O) groups excluding carboxylic acids is 1. The van der Waals surface area contributed by atoms with E-state index in [1.165, 1.54) is 0 Å². The van der Waals surface area contributed by atoms with Crippen molar-refractivity contribution in [3.8, 4) is 0 Å². The summed E-state index contributed by atoms with van der Waals surface area (Å²) in [5.74, 6) is -0.0719. The van der Waals surface area contributed by atoms with Crippen LogP contribution in [0.3, 0.4) is 0 Å². The molecule has 1 aromatic heterocycles. The Balaban J connectivity index is 1.67. The zero-order chi connectivity index (χ0) is 27.8. The lowest BCUT2D eigenvalue weighted by atomic mass is 9.95. The van der Waals surface area contributed by atoms with Gasteiger partial charge in [0.05, 0.1) is 23.0 Å². The second-order valence-electron chi connectivity index (χ2n) is 10.1.